The highest BCUT2D eigenvalue weighted by Crippen LogP contribution is 2.31. The molecule has 1 saturated heterocycles. The minimum Gasteiger partial charge on any atom is -0.427 e. The van der Waals surface area contributed by atoms with E-state index in [-0.39, 0.29) is 30.1 Å². The van der Waals surface area contributed by atoms with Crippen LogP contribution in [0, 0.1) is 5.92 Å². The first kappa shape index (κ1) is 23.7. The molecule has 2 aromatic carbocycles. The highest BCUT2D eigenvalue weighted by molar-refractivity contribution is 6.23. The van der Waals surface area contributed by atoms with E-state index in [1.165, 1.54) is 6.92 Å². The minimum atomic E-state index is -0.807. The molecular formula is C27H30N2O5. The number of carbonyl (C=O) groups excluding carboxylic acids is 4. The van der Waals surface area contributed by atoms with Gasteiger partial charge in [0.2, 0.25) is 11.8 Å². The van der Waals surface area contributed by atoms with Crippen LogP contribution in [-0.2, 0) is 25.6 Å². The lowest BCUT2D eigenvalue weighted by atomic mass is 9.87. The lowest BCUT2D eigenvalue weighted by Gasteiger charge is -2.32. The van der Waals surface area contributed by atoms with Gasteiger partial charge in [0, 0.05) is 19.4 Å². The summed E-state index contributed by atoms with van der Waals surface area (Å²) in [6.07, 6.45) is 5.41. The number of benzene rings is 2. The fraction of sp³-hybridized carbons (Fsp3) is 0.407. The Morgan fingerprint density at radius 3 is 2.29 bits per heavy atom. The van der Waals surface area contributed by atoms with Crippen molar-refractivity contribution in [3.63, 3.8) is 0 Å². The van der Waals surface area contributed by atoms with Gasteiger partial charge >= 0.3 is 5.97 Å². The van der Waals surface area contributed by atoms with Crippen molar-refractivity contribution >= 4 is 29.4 Å². The number of carbonyl (C=O) groups is 4. The van der Waals surface area contributed by atoms with Crippen LogP contribution in [-0.4, -0.2) is 41.2 Å². The van der Waals surface area contributed by atoms with Crippen LogP contribution in [0.15, 0.2) is 54.6 Å². The Kier molecular flexibility index (Phi) is 7.40. The van der Waals surface area contributed by atoms with Crippen LogP contribution in [0.3, 0.4) is 0 Å². The van der Waals surface area contributed by atoms with E-state index < -0.39 is 12.0 Å². The largest absolute Gasteiger partial charge is 0.427 e. The Balaban J connectivity index is 1.55. The van der Waals surface area contributed by atoms with Crippen LogP contribution in [0.5, 0.6) is 5.75 Å². The van der Waals surface area contributed by atoms with Crippen molar-refractivity contribution in [2.24, 2.45) is 5.92 Å². The Morgan fingerprint density at radius 1 is 0.971 bits per heavy atom. The molecule has 178 valence electrons. The van der Waals surface area contributed by atoms with Gasteiger partial charge in [-0.3, -0.25) is 19.2 Å². The highest BCUT2D eigenvalue weighted by Gasteiger charge is 2.45. The number of imide groups is 1. The molecule has 7 nitrogen and oxygen atoms in total. The first-order valence-corrected chi connectivity index (χ1v) is 11.9. The molecule has 0 bridgehead atoms. The van der Waals surface area contributed by atoms with E-state index >= 15 is 0 Å². The molecule has 0 spiro atoms. The Morgan fingerprint density at radius 2 is 1.65 bits per heavy atom. The van der Waals surface area contributed by atoms with E-state index in [1.807, 2.05) is 30.3 Å². The average Bonchev–Trinajstić information content (AvgIpc) is 3.14. The van der Waals surface area contributed by atoms with E-state index in [9.17, 15) is 19.2 Å². The molecule has 1 aliphatic carbocycles. The molecule has 0 N–H and O–H groups in total. The summed E-state index contributed by atoms with van der Waals surface area (Å²) >= 11 is 0. The summed E-state index contributed by atoms with van der Waals surface area (Å²) in [6, 6.07) is 15.3. The quantitative estimate of drug-likeness (QED) is 0.354. The van der Waals surface area contributed by atoms with Gasteiger partial charge in [0.1, 0.15) is 11.8 Å². The number of hydrogen-bond donors (Lipinski definition) is 0. The molecule has 34 heavy (non-hydrogen) atoms. The standard InChI is InChI=1S/C27H30N2O5/c1-19(30)34-23-14-12-22(13-15-23)29-25(31)18-24(27(29)33)28(17-16-20-8-4-2-5-9-20)26(32)21-10-6-3-7-11-21/h2,4-5,8-9,12-15,21,24H,3,6-7,10-11,16-18H2,1H3. The molecular weight excluding hydrogens is 432 g/mol. The van der Waals surface area contributed by atoms with Gasteiger partial charge in [-0.25, -0.2) is 4.90 Å². The molecule has 2 aliphatic rings. The SMILES string of the molecule is CC(=O)Oc1ccc(N2C(=O)CC(N(CCc3ccccc3)C(=O)C3CCCCC3)C2=O)cc1. The maximum absolute atomic E-state index is 13.5. The Bertz CT molecular complexity index is 1040. The monoisotopic (exact) mass is 462 g/mol. The lowest BCUT2D eigenvalue weighted by molar-refractivity contribution is -0.142. The van der Waals surface area contributed by atoms with Crippen LogP contribution in [0.1, 0.15) is 51.0 Å². The predicted molar refractivity (Wildman–Crippen MR) is 127 cm³/mol. The van der Waals surface area contributed by atoms with Gasteiger partial charge in [-0.2, -0.15) is 0 Å². The molecule has 1 unspecified atom stereocenters. The van der Waals surface area contributed by atoms with Crippen molar-refractivity contribution in [3.05, 3.63) is 60.2 Å². The summed E-state index contributed by atoms with van der Waals surface area (Å²) in [4.78, 5) is 53.9. The third-order valence-electron chi connectivity index (χ3n) is 6.58. The minimum absolute atomic E-state index is 0.0196. The van der Waals surface area contributed by atoms with Crippen LogP contribution in [0.4, 0.5) is 5.69 Å². The second-order valence-corrected chi connectivity index (χ2v) is 8.98. The number of amides is 3. The maximum atomic E-state index is 13.5. The van der Waals surface area contributed by atoms with Crippen LogP contribution in [0.25, 0.3) is 0 Å². The average molecular weight is 463 g/mol. The fourth-order valence-corrected chi connectivity index (χ4v) is 4.86. The molecule has 0 aromatic heterocycles. The maximum Gasteiger partial charge on any atom is 0.308 e. The lowest BCUT2D eigenvalue weighted by Crippen LogP contribution is -2.48. The molecule has 1 heterocycles. The second-order valence-electron chi connectivity index (χ2n) is 8.98. The summed E-state index contributed by atoms with van der Waals surface area (Å²) in [5.74, 6) is -0.947. The van der Waals surface area contributed by atoms with Gasteiger partial charge in [0.25, 0.3) is 5.91 Å². The van der Waals surface area contributed by atoms with E-state index in [2.05, 4.69) is 0 Å². The molecule has 1 aliphatic heterocycles. The summed E-state index contributed by atoms with van der Waals surface area (Å²) in [6.45, 7) is 1.70. The van der Waals surface area contributed by atoms with Crippen molar-refractivity contribution in [2.75, 3.05) is 11.4 Å². The summed E-state index contributed by atoms with van der Waals surface area (Å²) in [5, 5.41) is 0. The van der Waals surface area contributed by atoms with Crippen molar-refractivity contribution in [2.45, 2.75) is 57.9 Å². The number of rotatable bonds is 7. The fourth-order valence-electron chi connectivity index (χ4n) is 4.86. The zero-order valence-corrected chi connectivity index (χ0v) is 19.4. The van der Waals surface area contributed by atoms with Gasteiger partial charge in [-0.1, -0.05) is 49.6 Å². The van der Waals surface area contributed by atoms with E-state index in [1.54, 1.807) is 29.2 Å². The van der Waals surface area contributed by atoms with Gasteiger partial charge in [0.05, 0.1) is 12.1 Å². The van der Waals surface area contributed by atoms with Gasteiger partial charge in [0.15, 0.2) is 0 Å². The Labute approximate surface area is 199 Å². The Hall–Kier alpha value is -3.48. The van der Waals surface area contributed by atoms with Crippen molar-refractivity contribution in [3.8, 4) is 5.75 Å². The van der Waals surface area contributed by atoms with Gasteiger partial charge in [-0.15, -0.1) is 0 Å². The van der Waals surface area contributed by atoms with Gasteiger partial charge in [-0.05, 0) is 49.1 Å². The molecule has 1 saturated carbocycles. The molecule has 4 rings (SSSR count). The molecule has 1 atom stereocenters. The number of anilines is 1. The molecule has 0 radical (unpaired) electrons. The van der Waals surface area contributed by atoms with Crippen LogP contribution in [0.2, 0.25) is 0 Å². The second kappa shape index (κ2) is 10.6. The normalized spacial score (nSPS) is 18.7. The first-order valence-electron chi connectivity index (χ1n) is 11.9. The van der Waals surface area contributed by atoms with Crippen molar-refractivity contribution < 1.29 is 23.9 Å². The molecule has 3 amide bonds. The molecule has 2 aromatic rings. The third-order valence-corrected chi connectivity index (χ3v) is 6.58. The zero-order valence-electron chi connectivity index (χ0n) is 19.4. The van der Waals surface area contributed by atoms with Crippen molar-refractivity contribution in [1.82, 2.24) is 4.90 Å². The smallest absolute Gasteiger partial charge is 0.308 e. The number of hydrogen-bond acceptors (Lipinski definition) is 5. The predicted octanol–water partition coefficient (Wildman–Crippen LogP) is 3.90. The van der Waals surface area contributed by atoms with E-state index in [0.717, 1.165) is 42.6 Å². The number of ether oxygens (including phenoxy) is 1. The first-order chi connectivity index (χ1) is 16.4. The van der Waals surface area contributed by atoms with Crippen LogP contribution >= 0.6 is 0 Å². The summed E-state index contributed by atoms with van der Waals surface area (Å²) in [7, 11) is 0. The molecule has 7 heteroatoms. The van der Waals surface area contributed by atoms with E-state index in [0.29, 0.717) is 24.4 Å². The van der Waals surface area contributed by atoms with E-state index in [4.69, 9.17) is 4.74 Å². The number of nitrogens with zero attached hydrogens (tertiary/aromatic N) is 2. The topological polar surface area (TPSA) is 84.0 Å². The highest BCUT2D eigenvalue weighted by atomic mass is 16.5. The van der Waals surface area contributed by atoms with Crippen LogP contribution < -0.4 is 9.64 Å². The summed E-state index contributed by atoms with van der Waals surface area (Å²) < 4.78 is 5.04. The molecule has 2 fully saturated rings. The number of esters is 1. The van der Waals surface area contributed by atoms with Gasteiger partial charge < -0.3 is 9.64 Å². The van der Waals surface area contributed by atoms with Crippen molar-refractivity contribution in [1.29, 1.82) is 0 Å². The zero-order chi connectivity index (χ0) is 24.1. The third kappa shape index (κ3) is 5.35. The summed E-state index contributed by atoms with van der Waals surface area (Å²) in [5.41, 5.74) is 1.49.